The molecule has 13 heavy (non-hydrogen) atoms. The first-order valence-corrected chi connectivity index (χ1v) is 4.00. The van der Waals surface area contributed by atoms with Crippen LogP contribution in [0, 0.1) is 10.1 Å². The first-order chi connectivity index (χ1) is 6.09. The van der Waals surface area contributed by atoms with E-state index in [0.717, 1.165) is 11.3 Å². The molecular formula is C6H5NO5S. The Morgan fingerprint density at radius 2 is 2.38 bits per heavy atom. The van der Waals surface area contributed by atoms with Gasteiger partial charge in [-0.3, -0.25) is 10.1 Å². The molecule has 1 aromatic heterocycles. The normalized spacial score (nSPS) is 9.54. The molecule has 0 unspecified atom stereocenters. The standard InChI is InChI=1S/C6H5NO5S/c8-5(9)3-12-6-2-1-4(13-6)7(10)11/h1-2H,3H2,(H,8,9). The third-order valence-corrected chi connectivity index (χ3v) is 2.03. The third kappa shape index (κ3) is 2.71. The van der Waals surface area contributed by atoms with Crippen LogP contribution in [0.5, 0.6) is 5.06 Å². The van der Waals surface area contributed by atoms with Crippen molar-refractivity contribution in [1.82, 2.24) is 0 Å². The highest BCUT2D eigenvalue weighted by Crippen LogP contribution is 2.30. The zero-order valence-corrected chi connectivity index (χ0v) is 7.11. The van der Waals surface area contributed by atoms with E-state index < -0.39 is 17.5 Å². The number of nitro groups is 1. The summed E-state index contributed by atoms with van der Waals surface area (Å²) in [6, 6.07) is 2.63. The topological polar surface area (TPSA) is 89.7 Å². The van der Waals surface area contributed by atoms with Gasteiger partial charge in [-0.15, -0.1) is 0 Å². The van der Waals surface area contributed by atoms with Gasteiger partial charge in [0.15, 0.2) is 11.7 Å². The molecular weight excluding hydrogens is 198 g/mol. The Morgan fingerprint density at radius 3 is 2.85 bits per heavy atom. The second-order valence-corrected chi connectivity index (χ2v) is 3.06. The number of carboxylic acids is 1. The smallest absolute Gasteiger partial charge is 0.341 e. The Labute approximate surface area is 76.5 Å². The molecule has 0 aromatic carbocycles. The Hall–Kier alpha value is -1.63. The van der Waals surface area contributed by atoms with Crippen molar-refractivity contribution >= 4 is 22.3 Å². The van der Waals surface area contributed by atoms with Crippen molar-refractivity contribution in [3.05, 3.63) is 22.2 Å². The van der Waals surface area contributed by atoms with Crippen LogP contribution in [0.15, 0.2) is 12.1 Å². The van der Waals surface area contributed by atoms with E-state index in [2.05, 4.69) is 0 Å². The maximum absolute atomic E-state index is 10.2. The predicted octanol–water partition coefficient (Wildman–Crippen LogP) is 1.12. The minimum atomic E-state index is -1.11. The molecule has 1 N–H and O–H groups in total. The summed E-state index contributed by atoms with van der Waals surface area (Å²) in [4.78, 5) is 19.7. The third-order valence-electron chi connectivity index (χ3n) is 1.09. The lowest BCUT2D eigenvalue weighted by atomic mass is 10.6. The maximum Gasteiger partial charge on any atom is 0.341 e. The molecule has 0 aliphatic heterocycles. The summed E-state index contributed by atoms with van der Waals surface area (Å²) in [5.74, 6) is -1.11. The number of hydrogen-bond donors (Lipinski definition) is 1. The Balaban J connectivity index is 2.59. The molecule has 0 amide bonds. The lowest BCUT2D eigenvalue weighted by Gasteiger charge is -1.95. The summed E-state index contributed by atoms with van der Waals surface area (Å²) in [7, 11) is 0. The molecule has 70 valence electrons. The largest absolute Gasteiger partial charge is 0.479 e. The molecule has 0 bridgehead atoms. The zero-order valence-electron chi connectivity index (χ0n) is 6.30. The monoisotopic (exact) mass is 203 g/mol. The Bertz CT molecular complexity index is 334. The van der Waals surface area contributed by atoms with Crippen LogP contribution in [0.2, 0.25) is 0 Å². The Morgan fingerprint density at radius 1 is 1.69 bits per heavy atom. The van der Waals surface area contributed by atoms with Gasteiger partial charge in [-0.1, -0.05) is 0 Å². The van der Waals surface area contributed by atoms with Gasteiger partial charge in [0.05, 0.1) is 4.92 Å². The van der Waals surface area contributed by atoms with Crippen molar-refractivity contribution in [2.45, 2.75) is 0 Å². The van der Waals surface area contributed by atoms with Gasteiger partial charge in [-0.2, -0.15) is 0 Å². The van der Waals surface area contributed by atoms with Crippen LogP contribution < -0.4 is 4.74 Å². The van der Waals surface area contributed by atoms with Gasteiger partial charge in [-0.25, -0.2) is 4.79 Å². The van der Waals surface area contributed by atoms with E-state index in [4.69, 9.17) is 9.84 Å². The van der Waals surface area contributed by atoms with Crippen molar-refractivity contribution in [2.24, 2.45) is 0 Å². The van der Waals surface area contributed by atoms with E-state index in [1.807, 2.05) is 0 Å². The van der Waals surface area contributed by atoms with Crippen molar-refractivity contribution in [3.63, 3.8) is 0 Å². The van der Waals surface area contributed by atoms with Crippen LogP contribution in [0.4, 0.5) is 5.00 Å². The molecule has 0 saturated carbocycles. The van der Waals surface area contributed by atoms with E-state index in [-0.39, 0.29) is 10.1 Å². The van der Waals surface area contributed by atoms with Crippen molar-refractivity contribution < 1.29 is 19.6 Å². The van der Waals surface area contributed by atoms with E-state index in [1.165, 1.54) is 12.1 Å². The SMILES string of the molecule is O=C(O)COc1ccc([N+](=O)[O-])s1. The summed E-state index contributed by atoms with van der Waals surface area (Å²) in [6.07, 6.45) is 0. The van der Waals surface area contributed by atoms with Crippen LogP contribution in [0.3, 0.4) is 0 Å². The summed E-state index contributed by atoms with van der Waals surface area (Å²) in [6.45, 7) is -0.488. The summed E-state index contributed by atoms with van der Waals surface area (Å²) < 4.78 is 4.71. The maximum atomic E-state index is 10.2. The molecule has 0 aliphatic rings. The average Bonchev–Trinajstić information content (AvgIpc) is 2.48. The molecule has 0 saturated heterocycles. The van der Waals surface area contributed by atoms with Gasteiger partial charge in [0.25, 0.3) is 0 Å². The number of ether oxygens (including phenoxy) is 1. The zero-order chi connectivity index (χ0) is 9.84. The molecule has 0 radical (unpaired) electrons. The molecule has 1 rings (SSSR count). The van der Waals surface area contributed by atoms with Crippen molar-refractivity contribution in [3.8, 4) is 5.06 Å². The van der Waals surface area contributed by atoms with E-state index in [1.54, 1.807) is 0 Å². The molecule has 6 nitrogen and oxygen atoms in total. The highest BCUT2D eigenvalue weighted by molar-refractivity contribution is 7.17. The van der Waals surface area contributed by atoms with Gasteiger partial charge in [-0.05, 0) is 17.4 Å². The molecule has 1 heterocycles. The van der Waals surface area contributed by atoms with Crippen LogP contribution >= 0.6 is 11.3 Å². The summed E-state index contributed by atoms with van der Waals surface area (Å²) >= 11 is 0.798. The lowest BCUT2D eigenvalue weighted by Crippen LogP contribution is -2.08. The minimum absolute atomic E-state index is 0.0691. The highest BCUT2D eigenvalue weighted by Gasteiger charge is 2.10. The number of thiophene rings is 1. The van der Waals surface area contributed by atoms with Crippen LogP contribution in [-0.4, -0.2) is 22.6 Å². The highest BCUT2D eigenvalue weighted by atomic mass is 32.1. The Kier molecular flexibility index (Phi) is 2.80. The number of carboxylic acid groups (broad SMARTS) is 1. The van der Waals surface area contributed by atoms with Gasteiger partial charge >= 0.3 is 11.0 Å². The van der Waals surface area contributed by atoms with Crippen LogP contribution in [0.25, 0.3) is 0 Å². The second kappa shape index (κ2) is 3.85. The fourth-order valence-electron chi connectivity index (χ4n) is 0.619. The van der Waals surface area contributed by atoms with Crippen molar-refractivity contribution in [1.29, 1.82) is 0 Å². The molecule has 0 atom stereocenters. The number of hydrogen-bond acceptors (Lipinski definition) is 5. The first-order valence-electron chi connectivity index (χ1n) is 3.18. The molecule has 7 heteroatoms. The predicted molar refractivity (Wildman–Crippen MR) is 44.1 cm³/mol. The molecule has 0 aliphatic carbocycles. The van der Waals surface area contributed by atoms with Gasteiger partial charge < -0.3 is 9.84 Å². The second-order valence-electron chi connectivity index (χ2n) is 2.03. The summed E-state index contributed by atoms with van der Waals surface area (Å²) in [5.41, 5.74) is 0. The minimum Gasteiger partial charge on any atom is -0.479 e. The summed E-state index contributed by atoms with van der Waals surface area (Å²) in [5, 5.41) is 18.6. The fraction of sp³-hybridized carbons (Fsp3) is 0.167. The average molecular weight is 203 g/mol. The number of aliphatic carboxylic acids is 1. The fourth-order valence-corrected chi connectivity index (χ4v) is 1.29. The first kappa shape index (κ1) is 9.46. The molecule has 0 fully saturated rings. The van der Waals surface area contributed by atoms with E-state index in [9.17, 15) is 14.9 Å². The van der Waals surface area contributed by atoms with E-state index >= 15 is 0 Å². The number of carbonyl (C=O) groups is 1. The molecule has 1 aromatic rings. The number of nitrogens with zero attached hydrogens (tertiary/aromatic N) is 1. The van der Waals surface area contributed by atoms with Gasteiger partial charge in [0, 0.05) is 6.07 Å². The van der Waals surface area contributed by atoms with E-state index in [0.29, 0.717) is 0 Å². The molecule has 0 spiro atoms. The quantitative estimate of drug-likeness (QED) is 0.585. The van der Waals surface area contributed by atoms with Gasteiger partial charge in [0.2, 0.25) is 0 Å². The van der Waals surface area contributed by atoms with Crippen molar-refractivity contribution in [2.75, 3.05) is 6.61 Å². The van der Waals surface area contributed by atoms with Gasteiger partial charge in [0.1, 0.15) is 0 Å². The van der Waals surface area contributed by atoms with Crippen LogP contribution in [0.1, 0.15) is 0 Å². The van der Waals surface area contributed by atoms with Crippen LogP contribution in [-0.2, 0) is 4.79 Å². The lowest BCUT2D eigenvalue weighted by molar-refractivity contribution is -0.380. The number of rotatable bonds is 4.